The standard InChI is InChI=1S/C41H61N7O5/c1-26(2)19-30(22-36(49)35(21-29-15-9-6-10-16-29)46-39(51)33(43)20-28-13-7-5-8-14-28)38(50)45-34(17-11-12-18-42)40(52)48-31-23-32(48)25-47(24-31)41(53)37(44)27(3)4/h5-10,13-16,26-27,30-35,37H,11-12,17-25,42-44H2,1-4H3,(H,45,50)(H,46,51). The summed E-state index contributed by atoms with van der Waals surface area (Å²) < 4.78 is 0. The molecule has 0 spiro atoms. The van der Waals surface area contributed by atoms with Crippen LogP contribution in [0.3, 0.4) is 0 Å². The van der Waals surface area contributed by atoms with Crippen LogP contribution in [0.5, 0.6) is 0 Å². The van der Waals surface area contributed by atoms with Gasteiger partial charge in [0.25, 0.3) is 0 Å². The molecule has 4 amide bonds. The number of carbonyl (C=O) groups excluding carboxylic acids is 5. The quantitative estimate of drug-likeness (QED) is 0.128. The number of nitrogens with one attached hydrogen (secondary N) is 2. The lowest BCUT2D eigenvalue weighted by atomic mass is 9.85. The third-order valence-electron chi connectivity index (χ3n) is 10.5. The number of nitrogens with two attached hydrogens (primary N) is 3. The van der Waals surface area contributed by atoms with Crippen LogP contribution >= 0.6 is 0 Å². The number of unbranched alkanes of at least 4 members (excludes halogenated alkanes) is 1. The molecule has 0 saturated carbocycles. The summed E-state index contributed by atoms with van der Waals surface area (Å²) in [5, 5.41) is 5.94. The predicted octanol–water partition coefficient (Wildman–Crippen LogP) is 2.31. The molecule has 7 unspecified atom stereocenters. The van der Waals surface area contributed by atoms with Crippen LogP contribution in [0.1, 0.15) is 77.3 Å². The van der Waals surface area contributed by atoms with E-state index >= 15 is 0 Å². The Labute approximate surface area is 315 Å². The van der Waals surface area contributed by atoms with Gasteiger partial charge in [-0.2, -0.15) is 0 Å². The average Bonchev–Trinajstić information content (AvgIpc) is 3.13. The van der Waals surface area contributed by atoms with Crippen molar-refractivity contribution in [3.05, 3.63) is 71.8 Å². The Kier molecular flexibility index (Phi) is 15.6. The maximum Gasteiger partial charge on any atom is 0.245 e. The number of piperidine rings is 1. The molecule has 290 valence electrons. The molecule has 4 rings (SSSR count). The zero-order chi connectivity index (χ0) is 38.7. The van der Waals surface area contributed by atoms with Crippen molar-refractivity contribution in [2.24, 2.45) is 35.0 Å². The predicted molar refractivity (Wildman–Crippen MR) is 206 cm³/mol. The van der Waals surface area contributed by atoms with Gasteiger partial charge < -0.3 is 37.6 Å². The Bertz CT molecular complexity index is 1510. The van der Waals surface area contributed by atoms with Crippen molar-refractivity contribution in [2.75, 3.05) is 19.6 Å². The van der Waals surface area contributed by atoms with Gasteiger partial charge >= 0.3 is 0 Å². The minimum absolute atomic E-state index is 0.00777. The number of piperazine rings is 1. The first-order valence-electron chi connectivity index (χ1n) is 19.3. The molecule has 2 fully saturated rings. The van der Waals surface area contributed by atoms with E-state index in [1.807, 2.05) is 93.3 Å². The zero-order valence-electron chi connectivity index (χ0n) is 31.9. The first kappa shape index (κ1) is 41.6. The molecule has 0 aromatic heterocycles. The number of benzene rings is 2. The molecule has 2 aromatic carbocycles. The molecule has 2 aromatic rings. The Morgan fingerprint density at radius 2 is 1.32 bits per heavy atom. The minimum Gasteiger partial charge on any atom is -0.345 e. The highest BCUT2D eigenvalue weighted by Gasteiger charge is 2.50. The molecule has 12 nitrogen and oxygen atoms in total. The van der Waals surface area contributed by atoms with Crippen LogP contribution in [-0.4, -0.2) is 95.1 Å². The highest BCUT2D eigenvalue weighted by Crippen LogP contribution is 2.34. The fourth-order valence-corrected chi connectivity index (χ4v) is 7.44. The molecule has 7 atom stereocenters. The summed E-state index contributed by atoms with van der Waals surface area (Å²) in [6.07, 6.45) is 3.42. The maximum absolute atomic E-state index is 14.1. The number of likely N-dealkylation sites (tertiary alicyclic amines) is 2. The van der Waals surface area contributed by atoms with Crippen LogP contribution in [0.2, 0.25) is 0 Å². The topological polar surface area (TPSA) is 194 Å². The highest BCUT2D eigenvalue weighted by molar-refractivity contribution is 5.95. The number of amides is 4. The van der Waals surface area contributed by atoms with Crippen LogP contribution in [0.4, 0.5) is 0 Å². The van der Waals surface area contributed by atoms with Gasteiger partial charge in [0.2, 0.25) is 23.6 Å². The number of hydrogen-bond donors (Lipinski definition) is 5. The lowest BCUT2D eigenvalue weighted by molar-refractivity contribution is -0.164. The number of carbonyl (C=O) groups is 5. The molecule has 2 aliphatic heterocycles. The molecule has 2 saturated heterocycles. The normalized spacial score (nSPS) is 19.5. The minimum atomic E-state index is -0.897. The van der Waals surface area contributed by atoms with Crippen LogP contribution in [0, 0.1) is 17.8 Å². The van der Waals surface area contributed by atoms with Crippen molar-refractivity contribution in [1.82, 2.24) is 20.4 Å². The second-order valence-electron chi connectivity index (χ2n) is 15.7. The van der Waals surface area contributed by atoms with Gasteiger partial charge in [0.05, 0.1) is 30.2 Å². The molecule has 2 bridgehead atoms. The molecule has 0 aliphatic carbocycles. The number of ketones is 1. The zero-order valence-corrected chi connectivity index (χ0v) is 31.9. The second kappa shape index (κ2) is 19.8. The van der Waals surface area contributed by atoms with Gasteiger partial charge in [-0.3, -0.25) is 24.0 Å². The number of fused-ring (bicyclic) bond motifs is 2. The van der Waals surface area contributed by atoms with Gasteiger partial charge in [-0.05, 0) is 74.5 Å². The van der Waals surface area contributed by atoms with Crippen molar-refractivity contribution in [3.8, 4) is 0 Å². The smallest absolute Gasteiger partial charge is 0.245 e. The van der Waals surface area contributed by atoms with Crippen molar-refractivity contribution in [1.29, 1.82) is 0 Å². The van der Waals surface area contributed by atoms with Gasteiger partial charge in [-0.25, -0.2) is 0 Å². The molecular formula is C41H61N7O5. The summed E-state index contributed by atoms with van der Waals surface area (Å²) in [6.45, 7) is 9.10. The van der Waals surface area contributed by atoms with Crippen molar-refractivity contribution in [3.63, 3.8) is 0 Å². The number of hydrogen-bond acceptors (Lipinski definition) is 8. The molecule has 2 heterocycles. The summed E-state index contributed by atoms with van der Waals surface area (Å²) in [5.41, 5.74) is 20.0. The lowest BCUT2D eigenvalue weighted by Crippen LogP contribution is -2.73. The summed E-state index contributed by atoms with van der Waals surface area (Å²) >= 11 is 0. The highest BCUT2D eigenvalue weighted by atomic mass is 16.2. The number of Topliss-reactive ketones (excluding diaryl/α,β-unsaturated/α-hetero) is 1. The largest absolute Gasteiger partial charge is 0.345 e. The van der Waals surface area contributed by atoms with E-state index in [9.17, 15) is 24.0 Å². The van der Waals surface area contributed by atoms with Gasteiger partial charge in [0.1, 0.15) is 6.04 Å². The van der Waals surface area contributed by atoms with Crippen LogP contribution in [-0.2, 0) is 36.8 Å². The van der Waals surface area contributed by atoms with Crippen LogP contribution in [0.25, 0.3) is 0 Å². The maximum atomic E-state index is 14.1. The van der Waals surface area contributed by atoms with E-state index < -0.39 is 36.0 Å². The van der Waals surface area contributed by atoms with E-state index in [1.54, 1.807) is 4.90 Å². The molecule has 53 heavy (non-hydrogen) atoms. The van der Waals surface area contributed by atoms with E-state index in [1.165, 1.54) is 0 Å². The van der Waals surface area contributed by atoms with Crippen LogP contribution in [0.15, 0.2) is 60.7 Å². The number of nitrogens with zero attached hydrogens (tertiary/aromatic N) is 2. The van der Waals surface area contributed by atoms with E-state index in [4.69, 9.17) is 17.2 Å². The summed E-state index contributed by atoms with van der Waals surface area (Å²) in [7, 11) is 0. The van der Waals surface area contributed by atoms with Gasteiger partial charge in [-0.15, -0.1) is 0 Å². The summed E-state index contributed by atoms with van der Waals surface area (Å²) in [6, 6.07) is 15.5. The van der Waals surface area contributed by atoms with Gasteiger partial charge in [-0.1, -0.05) is 88.4 Å². The third kappa shape index (κ3) is 11.7. The number of rotatable bonds is 20. The van der Waals surface area contributed by atoms with Crippen molar-refractivity contribution >= 4 is 29.4 Å². The first-order chi connectivity index (χ1) is 25.3. The van der Waals surface area contributed by atoms with Crippen molar-refractivity contribution < 1.29 is 24.0 Å². The van der Waals surface area contributed by atoms with E-state index in [-0.39, 0.29) is 60.3 Å². The van der Waals surface area contributed by atoms with Crippen molar-refractivity contribution in [2.45, 2.75) is 115 Å². The molecule has 8 N–H and O–H groups in total. The monoisotopic (exact) mass is 731 g/mol. The lowest BCUT2D eigenvalue weighted by Gasteiger charge is -2.57. The second-order valence-corrected chi connectivity index (χ2v) is 15.7. The van der Waals surface area contributed by atoms with Gasteiger partial charge in [0.15, 0.2) is 5.78 Å². The molecular weight excluding hydrogens is 670 g/mol. The Morgan fingerprint density at radius 3 is 1.87 bits per heavy atom. The Morgan fingerprint density at radius 1 is 0.755 bits per heavy atom. The summed E-state index contributed by atoms with van der Waals surface area (Å²) in [4.78, 5) is 72.2. The molecule has 0 radical (unpaired) electrons. The molecule has 12 heteroatoms. The summed E-state index contributed by atoms with van der Waals surface area (Å²) in [5.74, 6) is -1.98. The van der Waals surface area contributed by atoms with Crippen LogP contribution < -0.4 is 27.8 Å². The van der Waals surface area contributed by atoms with E-state index in [0.29, 0.717) is 51.7 Å². The SMILES string of the molecule is CC(C)CC(CC(=O)C(Cc1ccccc1)NC(=O)C(N)Cc1ccccc1)C(=O)NC(CCCCN)C(=O)N1C2CC1CN(C(=O)C(N)C(C)C)C2. The Balaban J connectivity index is 1.47. The van der Waals surface area contributed by atoms with E-state index in [2.05, 4.69) is 10.6 Å². The fourth-order valence-electron chi connectivity index (χ4n) is 7.44. The van der Waals surface area contributed by atoms with E-state index in [0.717, 1.165) is 17.5 Å². The molecule has 2 aliphatic rings. The third-order valence-corrected chi connectivity index (χ3v) is 10.5. The van der Waals surface area contributed by atoms with Gasteiger partial charge in [0, 0.05) is 25.4 Å². The first-order valence-corrected chi connectivity index (χ1v) is 19.3. The average molecular weight is 732 g/mol. The fraction of sp³-hybridized carbons (Fsp3) is 0.585. The Hall–Kier alpha value is -4.13.